The lowest BCUT2D eigenvalue weighted by molar-refractivity contribution is 0.0933. The normalized spacial score (nSPS) is 16.5. The van der Waals surface area contributed by atoms with Gasteiger partial charge in [-0.2, -0.15) is 0 Å². The number of nitrogens with one attached hydrogen (secondary N) is 2. The van der Waals surface area contributed by atoms with Crippen molar-refractivity contribution >= 4 is 16.8 Å². The minimum atomic E-state index is -0.0212. The third kappa shape index (κ3) is 3.00. The van der Waals surface area contributed by atoms with Crippen LogP contribution in [-0.4, -0.2) is 24.0 Å². The van der Waals surface area contributed by atoms with Gasteiger partial charge in [0.2, 0.25) is 0 Å². The molecule has 0 saturated carbocycles. The van der Waals surface area contributed by atoms with E-state index >= 15 is 0 Å². The van der Waals surface area contributed by atoms with Crippen molar-refractivity contribution in [3.05, 3.63) is 64.8 Å². The SMILES string of the molecule is COc1ccc(C(=O)NC2CCc3[nH]c4ccc(C)cc4c3C2)cc1. The highest BCUT2D eigenvalue weighted by atomic mass is 16.5. The van der Waals surface area contributed by atoms with Crippen LogP contribution in [0, 0.1) is 6.92 Å². The molecule has 1 amide bonds. The van der Waals surface area contributed by atoms with Crippen molar-refractivity contribution in [1.29, 1.82) is 0 Å². The molecule has 4 nitrogen and oxygen atoms in total. The second-order valence-electron chi connectivity index (χ2n) is 6.77. The molecule has 0 bridgehead atoms. The van der Waals surface area contributed by atoms with E-state index in [9.17, 15) is 4.79 Å². The number of rotatable bonds is 3. The molecule has 0 radical (unpaired) electrons. The Labute approximate surface area is 147 Å². The minimum absolute atomic E-state index is 0.0212. The van der Waals surface area contributed by atoms with Crippen LogP contribution in [0.15, 0.2) is 42.5 Å². The predicted octanol–water partition coefficient (Wildman–Crippen LogP) is 3.77. The molecule has 1 unspecified atom stereocenters. The molecule has 25 heavy (non-hydrogen) atoms. The second-order valence-corrected chi connectivity index (χ2v) is 6.77. The van der Waals surface area contributed by atoms with Crippen LogP contribution in [0.1, 0.15) is 33.6 Å². The highest BCUT2D eigenvalue weighted by Gasteiger charge is 2.24. The number of aromatic amines is 1. The van der Waals surface area contributed by atoms with Gasteiger partial charge in [-0.1, -0.05) is 11.6 Å². The number of hydrogen-bond donors (Lipinski definition) is 2. The lowest BCUT2D eigenvalue weighted by Crippen LogP contribution is -2.38. The van der Waals surface area contributed by atoms with Gasteiger partial charge in [0.1, 0.15) is 5.75 Å². The maximum atomic E-state index is 12.5. The van der Waals surface area contributed by atoms with Gasteiger partial charge in [-0.3, -0.25) is 4.79 Å². The number of amides is 1. The number of carbonyl (C=O) groups excluding carboxylic acids is 1. The third-order valence-corrected chi connectivity index (χ3v) is 5.03. The summed E-state index contributed by atoms with van der Waals surface area (Å²) in [4.78, 5) is 16.1. The van der Waals surface area contributed by atoms with E-state index in [1.807, 2.05) is 12.1 Å². The van der Waals surface area contributed by atoms with Crippen molar-refractivity contribution in [1.82, 2.24) is 10.3 Å². The van der Waals surface area contributed by atoms with Crippen molar-refractivity contribution in [3.63, 3.8) is 0 Å². The summed E-state index contributed by atoms with van der Waals surface area (Å²) < 4.78 is 5.14. The quantitative estimate of drug-likeness (QED) is 0.766. The molecule has 2 aromatic carbocycles. The van der Waals surface area contributed by atoms with E-state index in [0.717, 1.165) is 25.0 Å². The summed E-state index contributed by atoms with van der Waals surface area (Å²) in [5, 5.41) is 4.48. The van der Waals surface area contributed by atoms with Crippen molar-refractivity contribution in [2.75, 3.05) is 7.11 Å². The Kier molecular flexibility index (Phi) is 3.96. The topological polar surface area (TPSA) is 54.1 Å². The zero-order valence-corrected chi connectivity index (χ0v) is 14.6. The third-order valence-electron chi connectivity index (χ3n) is 5.03. The van der Waals surface area contributed by atoms with E-state index in [-0.39, 0.29) is 11.9 Å². The molecule has 1 aromatic heterocycles. The van der Waals surface area contributed by atoms with Crippen LogP contribution in [0.25, 0.3) is 10.9 Å². The molecule has 4 rings (SSSR count). The first-order valence-electron chi connectivity index (χ1n) is 8.69. The first-order chi connectivity index (χ1) is 12.1. The smallest absolute Gasteiger partial charge is 0.251 e. The van der Waals surface area contributed by atoms with E-state index in [4.69, 9.17) is 4.74 Å². The van der Waals surface area contributed by atoms with Crippen LogP contribution in [0.4, 0.5) is 0 Å². The highest BCUT2D eigenvalue weighted by molar-refractivity contribution is 5.94. The fourth-order valence-corrected chi connectivity index (χ4v) is 3.67. The highest BCUT2D eigenvalue weighted by Crippen LogP contribution is 2.30. The Hall–Kier alpha value is -2.75. The summed E-state index contributed by atoms with van der Waals surface area (Å²) in [5.41, 5.74) is 5.79. The number of ether oxygens (including phenoxy) is 1. The number of benzene rings is 2. The average Bonchev–Trinajstić information content (AvgIpc) is 2.99. The van der Waals surface area contributed by atoms with Crippen LogP contribution in [-0.2, 0) is 12.8 Å². The standard InChI is InChI=1S/C21H22N2O2/c1-13-3-9-19-17(11-13)18-12-15(6-10-20(18)23-19)22-21(24)14-4-7-16(25-2)8-5-14/h3-5,7-9,11,15,23H,6,10,12H2,1-2H3,(H,22,24). The van der Waals surface area contributed by atoms with Crippen LogP contribution in [0.3, 0.4) is 0 Å². The van der Waals surface area contributed by atoms with E-state index in [1.54, 1.807) is 19.2 Å². The fourth-order valence-electron chi connectivity index (χ4n) is 3.67. The van der Waals surface area contributed by atoms with Gasteiger partial charge in [0, 0.05) is 28.2 Å². The number of carbonyl (C=O) groups is 1. The molecule has 4 heteroatoms. The molecule has 0 fully saturated rings. The second kappa shape index (κ2) is 6.28. The molecular formula is C21H22N2O2. The largest absolute Gasteiger partial charge is 0.497 e. The van der Waals surface area contributed by atoms with Crippen molar-refractivity contribution in [3.8, 4) is 5.75 Å². The van der Waals surface area contributed by atoms with Crippen molar-refractivity contribution in [2.24, 2.45) is 0 Å². The summed E-state index contributed by atoms with van der Waals surface area (Å²) in [6, 6.07) is 13.9. The van der Waals surface area contributed by atoms with Crippen LogP contribution in [0.2, 0.25) is 0 Å². The van der Waals surface area contributed by atoms with Gasteiger partial charge in [-0.05, 0) is 68.1 Å². The molecule has 1 heterocycles. The first kappa shape index (κ1) is 15.8. The minimum Gasteiger partial charge on any atom is -0.497 e. The summed E-state index contributed by atoms with van der Waals surface area (Å²) in [7, 11) is 1.62. The van der Waals surface area contributed by atoms with E-state index in [0.29, 0.717) is 5.56 Å². The zero-order valence-electron chi connectivity index (χ0n) is 14.6. The zero-order chi connectivity index (χ0) is 17.4. The fraction of sp³-hybridized carbons (Fsp3) is 0.286. The number of hydrogen-bond acceptors (Lipinski definition) is 2. The molecule has 1 atom stereocenters. The van der Waals surface area contributed by atoms with Gasteiger partial charge in [-0.15, -0.1) is 0 Å². The van der Waals surface area contributed by atoms with Crippen LogP contribution < -0.4 is 10.1 Å². The average molecular weight is 334 g/mol. The van der Waals surface area contributed by atoms with Gasteiger partial charge in [0.25, 0.3) is 5.91 Å². The lowest BCUT2D eigenvalue weighted by atomic mass is 9.91. The molecule has 1 aliphatic rings. The summed E-state index contributed by atoms with van der Waals surface area (Å²) >= 11 is 0. The number of aryl methyl sites for hydroxylation is 2. The molecule has 0 spiro atoms. The molecule has 3 aromatic rings. The Morgan fingerprint density at radius 1 is 1.20 bits per heavy atom. The molecular weight excluding hydrogens is 312 g/mol. The van der Waals surface area contributed by atoms with Gasteiger partial charge in [-0.25, -0.2) is 0 Å². The Morgan fingerprint density at radius 3 is 2.76 bits per heavy atom. The summed E-state index contributed by atoms with van der Waals surface area (Å²) in [6.45, 7) is 2.12. The van der Waals surface area contributed by atoms with Gasteiger partial charge in [0.15, 0.2) is 0 Å². The first-order valence-corrected chi connectivity index (χ1v) is 8.69. The van der Waals surface area contributed by atoms with Crippen molar-refractivity contribution in [2.45, 2.75) is 32.2 Å². The monoisotopic (exact) mass is 334 g/mol. The number of methoxy groups -OCH3 is 1. The lowest BCUT2D eigenvalue weighted by Gasteiger charge is -2.23. The van der Waals surface area contributed by atoms with E-state index < -0.39 is 0 Å². The molecule has 0 aliphatic heterocycles. The number of H-pyrrole nitrogens is 1. The molecule has 2 N–H and O–H groups in total. The Balaban J connectivity index is 1.52. The van der Waals surface area contributed by atoms with Crippen molar-refractivity contribution < 1.29 is 9.53 Å². The van der Waals surface area contributed by atoms with Crippen LogP contribution >= 0.6 is 0 Å². The summed E-state index contributed by atoms with van der Waals surface area (Å²) in [5.74, 6) is 0.736. The predicted molar refractivity (Wildman–Crippen MR) is 99.3 cm³/mol. The van der Waals surface area contributed by atoms with E-state index in [2.05, 4.69) is 35.4 Å². The van der Waals surface area contributed by atoms with E-state index in [1.165, 1.54) is 27.7 Å². The number of aromatic nitrogens is 1. The van der Waals surface area contributed by atoms with Gasteiger partial charge < -0.3 is 15.0 Å². The molecule has 0 saturated heterocycles. The maximum absolute atomic E-state index is 12.5. The van der Waals surface area contributed by atoms with Gasteiger partial charge >= 0.3 is 0 Å². The van der Waals surface area contributed by atoms with Gasteiger partial charge in [0.05, 0.1) is 7.11 Å². The molecule has 128 valence electrons. The molecule has 1 aliphatic carbocycles. The number of fused-ring (bicyclic) bond motifs is 3. The Morgan fingerprint density at radius 2 is 2.00 bits per heavy atom. The summed E-state index contributed by atoms with van der Waals surface area (Å²) in [6.07, 6.45) is 2.80. The van der Waals surface area contributed by atoms with Crippen LogP contribution in [0.5, 0.6) is 5.75 Å². The maximum Gasteiger partial charge on any atom is 0.251 e. The Bertz CT molecular complexity index is 925.